The molecule has 0 spiro atoms. The number of carbonyl (C=O) groups is 1. The number of thioether (sulfide) groups is 1. The fourth-order valence-corrected chi connectivity index (χ4v) is 8.36. The van der Waals surface area contributed by atoms with Gasteiger partial charge in [-0.2, -0.15) is 0 Å². The molecule has 1 fully saturated rings. The number of para-hydroxylation sites is 1. The number of methoxy groups -OCH3 is 2. The quantitative estimate of drug-likeness (QED) is 0.323. The molecule has 2 aliphatic heterocycles. The first-order valence-corrected chi connectivity index (χ1v) is 13.8. The number of esters is 1. The molecule has 3 aliphatic rings. The van der Waals surface area contributed by atoms with Crippen LogP contribution in [0.4, 0.5) is 0 Å². The van der Waals surface area contributed by atoms with Crippen molar-refractivity contribution in [3.05, 3.63) is 65.2 Å². The molecule has 4 aromatic rings. The van der Waals surface area contributed by atoms with Gasteiger partial charge in [0, 0.05) is 17.1 Å². The zero-order valence-electron chi connectivity index (χ0n) is 20.5. The highest BCUT2D eigenvalue weighted by Crippen LogP contribution is 2.60. The Balaban J connectivity index is 1.41. The Morgan fingerprint density at radius 1 is 1.00 bits per heavy atom. The van der Waals surface area contributed by atoms with E-state index in [0.29, 0.717) is 18.1 Å². The fraction of sp³-hybridized carbons (Fsp3) is 0.286. The summed E-state index contributed by atoms with van der Waals surface area (Å²) in [5.41, 5.74) is 3.74. The summed E-state index contributed by atoms with van der Waals surface area (Å²) in [6.07, 6.45) is 0. The van der Waals surface area contributed by atoms with Gasteiger partial charge in [0.2, 0.25) is 12.5 Å². The number of aromatic nitrogens is 1. The van der Waals surface area contributed by atoms with Gasteiger partial charge < -0.3 is 28.8 Å². The van der Waals surface area contributed by atoms with E-state index >= 15 is 0 Å². The van der Waals surface area contributed by atoms with Crippen LogP contribution in [0.2, 0.25) is 0 Å². The molecular weight excluding hydrogens is 526 g/mol. The number of cyclic esters (lactones) is 1. The summed E-state index contributed by atoms with van der Waals surface area (Å²) < 4.78 is 30.2. The van der Waals surface area contributed by atoms with Crippen LogP contribution in [0.1, 0.15) is 27.9 Å². The normalized spacial score (nSPS) is 23.2. The van der Waals surface area contributed by atoms with Gasteiger partial charge in [0.15, 0.2) is 27.3 Å². The van der Waals surface area contributed by atoms with Crippen LogP contribution in [0, 0.1) is 11.8 Å². The molecule has 0 amide bonds. The van der Waals surface area contributed by atoms with E-state index in [9.17, 15) is 9.90 Å². The maximum atomic E-state index is 13.3. The molecule has 7 rings (SSSR count). The van der Waals surface area contributed by atoms with Gasteiger partial charge in [0.05, 0.1) is 37.0 Å². The molecular formula is C28H23NO7S2. The van der Waals surface area contributed by atoms with Crippen LogP contribution in [0.15, 0.2) is 52.9 Å². The molecule has 8 nitrogen and oxygen atoms in total. The van der Waals surface area contributed by atoms with E-state index < -0.39 is 5.92 Å². The number of fused-ring (bicyclic) bond motifs is 4. The van der Waals surface area contributed by atoms with Crippen molar-refractivity contribution in [2.45, 2.75) is 15.5 Å². The third-order valence-electron chi connectivity index (χ3n) is 7.48. The van der Waals surface area contributed by atoms with Gasteiger partial charge in [-0.05, 0) is 53.1 Å². The van der Waals surface area contributed by atoms with Gasteiger partial charge in [-0.25, -0.2) is 4.98 Å². The number of aromatic hydroxyl groups is 1. The lowest BCUT2D eigenvalue weighted by atomic mass is 9.67. The third-order valence-corrected chi connectivity index (χ3v) is 10.0. The van der Waals surface area contributed by atoms with E-state index in [2.05, 4.69) is 6.07 Å². The summed E-state index contributed by atoms with van der Waals surface area (Å²) in [5, 5.41) is 10.5. The average molecular weight is 550 g/mol. The second-order valence-electron chi connectivity index (χ2n) is 9.39. The minimum Gasteiger partial charge on any atom is -0.502 e. The van der Waals surface area contributed by atoms with Gasteiger partial charge in [-0.15, -0.1) is 11.3 Å². The number of carbonyl (C=O) groups excluding carboxylic acids is 1. The number of benzene rings is 3. The second kappa shape index (κ2) is 8.99. The van der Waals surface area contributed by atoms with Crippen LogP contribution in [0.25, 0.3) is 10.2 Å². The van der Waals surface area contributed by atoms with Crippen LogP contribution in [-0.2, 0) is 9.53 Å². The SMILES string of the molecule is COc1cc([C@@H]2c3cc4c(cc3[C@@H](Sc3nc5ccccc5s3)[C@H]3COC(=O)[C@H]23)OCO4)cc(OC)c1O. The standard InChI is InChI=1S/C28H23NO7S2/c1-32-20-7-13(8-21(33-2)25(20)30)23-14-9-18-19(36-12-35-18)10-15(14)26(16-11-34-27(31)24(16)23)38-28-29-17-5-3-4-6-22(17)37-28/h3-10,16,23-24,26,30H,11-12H2,1-2H3/t16-,23+,24-,26+/m0/s1. The Kier molecular flexibility index (Phi) is 5.55. The third kappa shape index (κ3) is 3.58. The number of hydrogen-bond acceptors (Lipinski definition) is 10. The number of ether oxygens (including phenoxy) is 5. The van der Waals surface area contributed by atoms with Crippen molar-refractivity contribution in [3.8, 4) is 28.7 Å². The van der Waals surface area contributed by atoms with Gasteiger partial charge >= 0.3 is 5.97 Å². The number of phenols is 1. The fourth-order valence-electron chi connectivity index (χ4n) is 5.77. The van der Waals surface area contributed by atoms with E-state index in [1.54, 1.807) is 35.2 Å². The van der Waals surface area contributed by atoms with Crippen molar-refractivity contribution in [1.82, 2.24) is 4.98 Å². The minimum atomic E-state index is -0.450. The lowest BCUT2D eigenvalue weighted by Gasteiger charge is -2.38. The van der Waals surface area contributed by atoms with Crippen molar-refractivity contribution in [2.24, 2.45) is 11.8 Å². The lowest BCUT2D eigenvalue weighted by Crippen LogP contribution is -2.33. The molecule has 0 bridgehead atoms. The molecule has 1 aromatic heterocycles. The summed E-state index contributed by atoms with van der Waals surface area (Å²) in [5.74, 6) is 0.611. The predicted molar refractivity (Wildman–Crippen MR) is 142 cm³/mol. The highest BCUT2D eigenvalue weighted by Gasteiger charge is 2.53. The Hall–Kier alpha value is -3.63. The van der Waals surface area contributed by atoms with Crippen molar-refractivity contribution in [1.29, 1.82) is 0 Å². The monoisotopic (exact) mass is 549 g/mol. The number of nitrogens with zero attached hydrogens (tertiary/aromatic N) is 1. The molecule has 0 radical (unpaired) electrons. The molecule has 3 aromatic carbocycles. The smallest absolute Gasteiger partial charge is 0.310 e. The van der Waals surface area contributed by atoms with Crippen molar-refractivity contribution in [3.63, 3.8) is 0 Å². The van der Waals surface area contributed by atoms with Gasteiger partial charge in [-0.3, -0.25) is 4.79 Å². The first kappa shape index (κ1) is 23.5. The maximum absolute atomic E-state index is 13.3. The second-order valence-corrected chi connectivity index (χ2v) is 11.8. The van der Waals surface area contributed by atoms with Crippen molar-refractivity contribution >= 4 is 39.3 Å². The van der Waals surface area contributed by atoms with Crippen LogP contribution < -0.4 is 18.9 Å². The van der Waals surface area contributed by atoms with E-state index in [1.165, 1.54) is 14.2 Å². The highest BCUT2D eigenvalue weighted by atomic mass is 32.2. The minimum absolute atomic E-state index is 0.0877. The molecule has 1 aliphatic carbocycles. The van der Waals surface area contributed by atoms with Crippen LogP contribution in [-0.4, -0.2) is 43.7 Å². The number of rotatable bonds is 5. The molecule has 1 N–H and O–H groups in total. The molecule has 4 atom stereocenters. The first-order valence-electron chi connectivity index (χ1n) is 12.1. The lowest BCUT2D eigenvalue weighted by molar-refractivity contribution is -0.141. The predicted octanol–water partition coefficient (Wildman–Crippen LogP) is 5.52. The summed E-state index contributed by atoms with van der Waals surface area (Å²) in [7, 11) is 2.98. The molecule has 1 saturated heterocycles. The number of phenolic OH excluding ortho intramolecular Hbond substituents is 1. The van der Waals surface area contributed by atoms with Gasteiger partial charge in [0.1, 0.15) is 0 Å². The summed E-state index contributed by atoms with van der Waals surface area (Å²) in [6, 6.07) is 15.6. The van der Waals surface area contributed by atoms with Gasteiger partial charge in [-0.1, -0.05) is 23.9 Å². The number of hydrogen-bond donors (Lipinski definition) is 1. The van der Waals surface area contributed by atoms with E-state index in [0.717, 1.165) is 31.2 Å². The molecule has 3 heterocycles. The van der Waals surface area contributed by atoms with E-state index in [4.69, 9.17) is 28.7 Å². The van der Waals surface area contributed by atoms with E-state index in [1.807, 2.05) is 30.3 Å². The Labute approximate surface area is 226 Å². The Morgan fingerprint density at radius 3 is 2.42 bits per heavy atom. The summed E-state index contributed by atoms with van der Waals surface area (Å²) in [4.78, 5) is 18.2. The molecule has 0 unspecified atom stereocenters. The highest BCUT2D eigenvalue weighted by molar-refractivity contribution is 8.01. The van der Waals surface area contributed by atoms with Crippen molar-refractivity contribution in [2.75, 3.05) is 27.6 Å². The van der Waals surface area contributed by atoms with Crippen LogP contribution >= 0.6 is 23.1 Å². The largest absolute Gasteiger partial charge is 0.502 e. The number of thiazole rings is 1. The van der Waals surface area contributed by atoms with Gasteiger partial charge in [0.25, 0.3) is 0 Å². The first-order chi connectivity index (χ1) is 18.6. The zero-order valence-corrected chi connectivity index (χ0v) is 22.1. The van der Waals surface area contributed by atoms with Crippen molar-refractivity contribution < 1.29 is 33.6 Å². The molecule has 10 heteroatoms. The van der Waals surface area contributed by atoms with Crippen LogP contribution in [0.3, 0.4) is 0 Å². The summed E-state index contributed by atoms with van der Waals surface area (Å²) in [6.45, 7) is 0.455. The maximum Gasteiger partial charge on any atom is 0.310 e. The van der Waals surface area contributed by atoms with Crippen LogP contribution in [0.5, 0.6) is 28.7 Å². The molecule has 0 saturated carbocycles. The van der Waals surface area contributed by atoms with E-state index in [-0.39, 0.29) is 47.1 Å². The molecule has 194 valence electrons. The summed E-state index contributed by atoms with van der Waals surface area (Å²) >= 11 is 3.31. The Bertz CT molecular complexity index is 1530. The average Bonchev–Trinajstić information content (AvgIpc) is 3.66. The zero-order chi connectivity index (χ0) is 26.0. The topological polar surface area (TPSA) is 96.3 Å². The Morgan fingerprint density at radius 2 is 1.71 bits per heavy atom. The molecule has 38 heavy (non-hydrogen) atoms.